The molecule has 0 heterocycles. The van der Waals surface area contributed by atoms with Crippen LogP contribution in [0, 0.1) is 0 Å². The fraction of sp³-hybridized carbons (Fsp3) is 0.250. The molecule has 106 valence electrons. The lowest BCUT2D eigenvalue weighted by atomic mass is 10.3. The van der Waals surface area contributed by atoms with Gasteiger partial charge in [0.15, 0.2) is 0 Å². The minimum absolute atomic E-state index is 0.663. The molecule has 3 nitrogen and oxygen atoms in total. The molecule has 2 rings (SSSR count). The second-order valence-corrected chi connectivity index (χ2v) is 4.67. The number of halogens is 1. The lowest BCUT2D eigenvalue weighted by molar-refractivity contribution is 0.342. The Kier molecular flexibility index (Phi) is 5.56. The largest absolute Gasteiger partial charge is 0.492 e. The van der Waals surface area contributed by atoms with Crippen molar-refractivity contribution in [2.24, 2.45) is 0 Å². The highest BCUT2D eigenvalue weighted by Gasteiger charge is 2.01. The second-order valence-electron chi connectivity index (χ2n) is 4.26. The third-order valence-corrected chi connectivity index (χ3v) is 3.15. The number of hydrogen-bond donors (Lipinski definition) is 2. The van der Waals surface area contributed by atoms with Crippen LogP contribution in [0.5, 0.6) is 5.75 Å². The van der Waals surface area contributed by atoms with Crippen LogP contribution in [0.15, 0.2) is 48.5 Å². The van der Waals surface area contributed by atoms with Gasteiger partial charge in [-0.2, -0.15) is 0 Å². The van der Waals surface area contributed by atoms with Gasteiger partial charge in [0, 0.05) is 13.1 Å². The van der Waals surface area contributed by atoms with Gasteiger partial charge in [-0.3, -0.25) is 0 Å². The summed E-state index contributed by atoms with van der Waals surface area (Å²) < 4.78 is 5.57. The predicted octanol–water partition coefficient (Wildman–Crippen LogP) is 4.26. The van der Waals surface area contributed by atoms with Crippen molar-refractivity contribution < 1.29 is 4.74 Å². The molecule has 0 saturated carbocycles. The van der Waals surface area contributed by atoms with Gasteiger partial charge in [-0.25, -0.2) is 0 Å². The van der Waals surface area contributed by atoms with Crippen LogP contribution in [0.25, 0.3) is 0 Å². The maximum absolute atomic E-state index is 6.08. The van der Waals surface area contributed by atoms with Crippen LogP contribution in [0.4, 0.5) is 11.4 Å². The molecule has 0 aliphatic carbocycles. The van der Waals surface area contributed by atoms with E-state index in [1.54, 1.807) is 0 Å². The first-order valence-corrected chi connectivity index (χ1v) is 7.13. The first-order chi connectivity index (χ1) is 9.81. The molecule has 0 spiro atoms. The molecule has 2 aromatic rings. The Bertz CT molecular complexity index is 546. The van der Waals surface area contributed by atoms with Gasteiger partial charge < -0.3 is 15.4 Å². The zero-order chi connectivity index (χ0) is 14.2. The predicted molar refractivity (Wildman–Crippen MR) is 86.0 cm³/mol. The van der Waals surface area contributed by atoms with E-state index in [1.807, 2.05) is 55.5 Å². The SMILES string of the molecule is CCOc1ccccc1NCCNc1ccccc1Cl. The maximum Gasteiger partial charge on any atom is 0.142 e. The van der Waals surface area contributed by atoms with E-state index < -0.39 is 0 Å². The Morgan fingerprint density at radius 2 is 1.50 bits per heavy atom. The molecule has 0 fully saturated rings. The summed E-state index contributed by atoms with van der Waals surface area (Å²) in [5.74, 6) is 0.882. The molecule has 0 unspecified atom stereocenters. The van der Waals surface area contributed by atoms with Gasteiger partial charge in [-0.15, -0.1) is 0 Å². The van der Waals surface area contributed by atoms with Crippen molar-refractivity contribution in [2.75, 3.05) is 30.3 Å². The molecule has 4 heteroatoms. The van der Waals surface area contributed by atoms with E-state index in [-0.39, 0.29) is 0 Å². The summed E-state index contributed by atoms with van der Waals surface area (Å²) in [6.07, 6.45) is 0. The number of hydrogen-bond acceptors (Lipinski definition) is 3. The third kappa shape index (κ3) is 4.07. The Balaban J connectivity index is 1.83. The molecule has 0 aliphatic heterocycles. The molecule has 0 amide bonds. The summed E-state index contributed by atoms with van der Waals surface area (Å²) in [6, 6.07) is 15.7. The fourth-order valence-electron chi connectivity index (χ4n) is 1.89. The normalized spacial score (nSPS) is 10.1. The lowest BCUT2D eigenvalue weighted by Crippen LogP contribution is -2.14. The Labute approximate surface area is 124 Å². The van der Waals surface area contributed by atoms with Crippen LogP contribution >= 0.6 is 11.6 Å². The van der Waals surface area contributed by atoms with Gasteiger partial charge in [-0.05, 0) is 31.2 Å². The van der Waals surface area contributed by atoms with Crippen molar-refractivity contribution in [1.29, 1.82) is 0 Å². The van der Waals surface area contributed by atoms with Crippen LogP contribution < -0.4 is 15.4 Å². The average Bonchev–Trinajstić information content (AvgIpc) is 2.47. The number of nitrogens with one attached hydrogen (secondary N) is 2. The van der Waals surface area contributed by atoms with Crippen molar-refractivity contribution in [3.8, 4) is 5.75 Å². The molecule has 0 radical (unpaired) electrons. The number of benzene rings is 2. The molecule has 2 aromatic carbocycles. The highest BCUT2D eigenvalue weighted by Crippen LogP contribution is 2.23. The van der Waals surface area contributed by atoms with Crippen LogP contribution in [0.3, 0.4) is 0 Å². The van der Waals surface area contributed by atoms with Gasteiger partial charge in [0.1, 0.15) is 5.75 Å². The highest BCUT2D eigenvalue weighted by molar-refractivity contribution is 6.33. The lowest BCUT2D eigenvalue weighted by Gasteiger charge is -2.13. The summed E-state index contributed by atoms with van der Waals surface area (Å²) in [7, 11) is 0. The van der Waals surface area contributed by atoms with Gasteiger partial charge in [-0.1, -0.05) is 35.9 Å². The molecule has 20 heavy (non-hydrogen) atoms. The Hall–Kier alpha value is -1.87. The topological polar surface area (TPSA) is 33.3 Å². The monoisotopic (exact) mass is 290 g/mol. The van der Waals surface area contributed by atoms with Gasteiger partial charge >= 0.3 is 0 Å². The van der Waals surface area contributed by atoms with Crippen molar-refractivity contribution in [3.05, 3.63) is 53.6 Å². The molecule has 2 N–H and O–H groups in total. The van der Waals surface area contributed by atoms with Gasteiger partial charge in [0.25, 0.3) is 0 Å². The molecule has 0 bridgehead atoms. The zero-order valence-electron chi connectivity index (χ0n) is 11.5. The number of para-hydroxylation sites is 3. The minimum Gasteiger partial charge on any atom is -0.492 e. The molecule has 0 atom stereocenters. The molecular formula is C16H19ClN2O. The Morgan fingerprint density at radius 3 is 2.20 bits per heavy atom. The van der Waals surface area contributed by atoms with Gasteiger partial charge in [0.2, 0.25) is 0 Å². The van der Waals surface area contributed by atoms with Crippen molar-refractivity contribution in [2.45, 2.75) is 6.92 Å². The molecular weight excluding hydrogens is 272 g/mol. The first kappa shape index (κ1) is 14.5. The minimum atomic E-state index is 0.663. The third-order valence-electron chi connectivity index (χ3n) is 2.82. The fourth-order valence-corrected chi connectivity index (χ4v) is 2.10. The summed E-state index contributed by atoms with van der Waals surface area (Å²) >= 11 is 6.08. The first-order valence-electron chi connectivity index (χ1n) is 6.75. The number of anilines is 2. The average molecular weight is 291 g/mol. The van der Waals surface area contributed by atoms with E-state index in [1.165, 1.54) is 0 Å². The van der Waals surface area contributed by atoms with Crippen LogP contribution in [0.1, 0.15) is 6.92 Å². The number of rotatable bonds is 7. The van der Waals surface area contributed by atoms with Crippen LogP contribution in [0.2, 0.25) is 5.02 Å². The summed E-state index contributed by atoms with van der Waals surface area (Å²) in [6.45, 7) is 4.21. The van der Waals surface area contributed by atoms with Crippen LogP contribution in [-0.4, -0.2) is 19.7 Å². The second kappa shape index (κ2) is 7.65. The van der Waals surface area contributed by atoms with Crippen LogP contribution in [-0.2, 0) is 0 Å². The van der Waals surface area contributed by atoms with E-state index >= 15 is 0 Å². The van der Waals surface area contributed by atoms with E-state index in [4.69, 9.17) is 16.3 Å². The quantitative estimate of drug-likeness (QED) is 0.748. The molecule has 0 saturated heterocycles. The highest BCUT2D eigenvalue weighted by atomic mass is 35.5. The Morgan fingerprint density at radius 1 is 0.900 bits per heavy atom. The van der Waals surface area contributed by atoms with Crippen molar-refractivity contribution in [3.63, 3.8) is 0 Å². The van der Waals surface area contributed by atoms with E-state index in [2.05, 4.69) is 10.6 Å². The maximum atomic E-state index is 6.08. The molecule has 0 aromatic heterocycles. The zero-order valence-corrected chi connectivity index (χ0v) is 12.3. The smallest absolute Gasteiger partial charge is 0.142 e. The molecule has 0 aliphatic rings. The standard InChI is InChI=1S/C16H19ClN2O/c1-2-20-16-10-6-5-9-15(16)19-12-11-18-14-8-4-3-7-13(14)17/h3-10,18-19H,2,11-12H2,1H3. The summed E-state index contributed by atoms with van der Waals surface area (Å²) in [5.41, 5.74) is 1.96. The van der Waals surface area contributed by atoms with E-state index in [0.29, 0.717) is 6.61 Å². The summed E-state index contributed by atoms with van der Waals surface area (Å²) in [4.78, 5) is 0. The summed E-state index contributed by atoms with van der Waals surface area (Å²) in [5, 5.41) is 7.39. The van der Waals surface area contributed by atoms with Gasteiger partial charge in [0.05, 0.1) is 23.0 Å². The van der Waals surface area contributed by atoms with Crippen molar-refractivity contribution in [1.82, 2.24) is 0 Å². The van der Waals surface area contributed by atoms with E-state index in [9.17, 15) is 0 Å². The number of ether oxygens (including phenoxy) is 1. The van der Waals surface area contributed by atoms with Crippen molar-refractivity contribution >= 4 is 23.0 Å². The van der Waals surface area contributed by atoms with E-state index in [0.717, 1.165) is 35.2 Å².